The van der Waals surface area contributed by atoms with Gasteiger partial charge in [-0.05, 0) is 49.1 Å². The van der Waals surface area contributed by atoms with Gasteiger partial charge in [-0.25, -0.2) is 9.97 Å². The Bertz CT molecular complexity index is 1070. The minimum absolute atomic E-state index is 0.278. The number of aromatic nitrogens is 3. The number of hydrogen-bond donors (Lipinski definition) is 3. The minimum Gasteiger partial charge on any atom is -0.481 e. The molecule has 0 aromatic carbocycles. The van der Waals surface area contributed by atoms with Gasteiger partial charge in [-0.2, -0.15) is 0 Å². The molecule has 1 unspecified atom stereocenters. The van der Waals surface area contributed by atoms with Crippen LogP contribution in [0.25, 0.3) is 0 Å². The first-order valence-electron chi connectivity index (χ1n) is 10.9. The lowest BCUT2D eigenvalue weighted by Gasteiger charge is -2.18. The van der Waals surface area contributed by atoms with Crippen molar-refractivity contribution in [3.8, 4) is 5.88 Å². The fourth-order valence-electron chi connectivity index (χ4n) is 3.31. The van der Waals surface area contributed by atoms with E-state index in [1.807, 2.05) is 12.1 Å². The average molecular weight is 447 g/mol. The summed E-state index contributed by atoms with van der Waals surface area (Å²) in [6.45, 7) is 0. The van der Waals surface area contributed by atoms with Crippen LogP contribution in [0.5, 0.6) is 5.88 Å². The summed E-state index contributed by atoms with van der Waals surface area (Å²) in [5.41, 5.74) is 1.77. The Kier molecular flexibility index (Phi) is 7.09. The molecular formula is C24H26N6O3. The molecule has 170 valence electrons. The number of nitrogens with one attached hydrogen (secondary N) is 3. The van der Waals surface area contributed by atoms with Crippen molar-refractivity contribution in [2.45, 2.75) is 31.7 Å². The third-order valence-corrected chi connectivity index (χ3v) is 5.37. The minimum atomic E-state index is -0.658. The monoisotopic (exact) mass is 446 g/mol. The van der Waals surface area contributed by atoms with Gasteiger partial charge in [0, 0.05) is 30.3 Å². The number of pyridine rings is 3. The third-order valence-electron chi connectivity index (χ3n) is 5.37. The second-order valence-corrected chi connectivity index (χ2v) is 7.92. The molecule has 4 rings (SSSR count). The zero-order valence-corrected chi connectivity index (χ0v) is 18.3. The maximum absolute atomic E-state index is 12.9. The fraction of sp³-hybridized carbons (Fsp3) is 0.292. The van der Waals surface area contributed by atoms with E-state index in [1.165, 1.54) is 32.3 Å². The van der Waals surface area contributed by atoms with Gasteiger partial charge in [0.15, 0.2) is 0 Å². The maximum atomic E-state index is 12.9. The SMILES string of the molecule is COc1ccc(NC(=O)C(CCC2CC2)NC(=O)c2ccc(Nc3ccncc3)nc2)cn1. The molecule has 3 aromatic rings. The van der Waals surface area contributed by atoms with Crippen molar-refractivity contribution in [3.63, 3.8) is 0 Å². The van der Waals surface area contributed by atoms with Gasteiger partial charge < -0.3 is 20.7 Å². The standard InChI is InChI=1S/C24H26N6O3/c1-33-22-9-6-19(15-27-22)29-24(32)20(7-4-16-2-3-16)30-23(31)17-5-8-21(26-14-17)28-18-10-12-25-13-11-18/h5-6,8-16,20H,2-4,7H2,1H3,(H,29,32)(H,30,31)(H,25,26,28). The van der Waals surface area contributed by atoms with Crippen molar-refractivity contribution in [1.29, 1.82) is 0 Å². The van der Waals surface area contributed by atoms with Crippen molar-refractivity contribution in [3.05, 3.63) is 66.7 Å². The van der Waals surface area contributed by atoms with Crippen molar-refractivity contribution in [2.24, 2.45) is 5.92 Å². The molecular weight excluding hydrogens is 420 g/mol. The topological polar surface area (TPSA) is 118 Å². The fourth-order valence-corrected chi connectivity index (χ4v) is 3.31. The highest BCUT2D eigenvalue weighted by Crippen LogP contribution is 2.34. The quantitative estimate of drug-likeness (QED) is 0.436. The number of rotatable bonds is 10. The van der Waals surface area contributed by atoms with Crippen LogP contribution in [0.3, 0.4) is 0 Å². The molecule has 1 aliphatic rings. The highest BCUT2D eigenvalue weighted by molar-refractivity contribution is 6.01. The summed E-state index contributed by atoms with van der Waals surface area (Å²) in [4.78, 5) is 38.1. The smallest absolute Gasteiger partial charge is 0.253 e. The van der Waals surface area contributed by atoms with Crippen LogP contribution in [0.15, 0.2) is 61.2 Å². The van der Waals surface area contributed by atoms with Gasteiger partial charge in [-0.1, -0.05) is 12.8 Å². The molecule has 9 heteroatoms. The van der Waals surface area contributed by atoms with Crippen LogP contribution >= 0.6 is 0 Å². The summed E-state index contributed by atoms with van der Waals surface area (Å²) < 4.78 is 5.04. The second-order valence-electron chi connectivity index (χ2n) is 7.92. The normalized spacial score (nSPS) is 13.6. The van der Waals surface area contributed by atoms with Crippen molar-refractivity contribution < 1.29 is 14.3 Å². The van der Waals surface area contributed by atoms with Crippen molar-refractivity contribution in [1.82, 2.24) is 20.3 Å². The molecule has 2 amide bonds. The van der Waals surface area contributed by atoms with E-state index in [9.17, 15) is 9.59 Å². The maximum Gasteiger partial charge on any atom is 0.253 e. The van der Waals surface area contributed by atoms with E-state index in [0.29, 0.717) is 35.3 Å². The van der Waals surface area contributed by atoms with Crippen LogP contribution in [0.4, 0.5) is 17.2 Å². The van der Waals surface area contributed by atoms with Crippen LogP contribution in [0.1, 0.15) is 36.0 Å². The first-order valence-corrected chi connectivity index (χ1v) is 10.9. The third kappa shape index (κ3) is 6.49. The summed E-state index contributed by atoms with van der Waals surface area (Å²) in [6.07, 6.45) is 10.2. The number of ether oxygens (including phenoxy) is 1. The molecule has 9 nitrogen and oxygen atoms in total. The first-order chi connectivity index (χ1) is 16.1. The van der Waals surface area contributed by atoms with Crippen molar-refractivity contribution in [2.75, 3.05) is 17.7 Å². The lowest BCUT2D eigenvalue weighted by atomic mass is 10.1. The largest absolute Gasteiger partial charge is 0.481 e. The summed E-state index contributed by atoms with van der Waals surface area (Å²) in [5.74, 6) is 1.08. The predicted molar refractivity (Wildman–Crippen MR) is 124 cm³/mol. The van der Waals surface area contributed by atoms with Crippen LogP contribution in [-0.2, 0) is 4.79 Å². The number of carbonyl (C=O) groups excluding carboxylic acids is 2. The van der Waals surface area contributed by atoms with Gasteiger partial charge >= 0.3 is 0 Å². The van der Waals surface area contributed by atoms with E-state index >= 15 is 0 Å². The second kappa shape index (κ2) is 10.5. The Morgan fingerprint density at radius 2 is 1.85 bits per heavy atom. The number of anilines is 3. The molecule has 0 bridgehead atoms. The van der Waals surface area contributed by atoms with E-state index < -0.39 is 6.04 Å². The Hall–Kier alpha value is -4.01. The van der Waals surface area contributed by atoms with E-state index in [4.69, 9.17) is 4.74 Å². The number of methoxy groups -OCH3 is 1. The summed E-state index contributed by atoms with van der Waals surface area (Å²) in [5, 5.41) is 8.83. The molecule has 3 N–H and O–H groups in total. The van der Waals surface area contributed by atoms with Gasteiger partial charge in [0.25, 0.3) is 5.91 Å². The van der Waals surface area contributed by atoms with Gasteiger partial charge in [0.1, 0.15) is 11.9 Å². The average Bonchev–Trinajstić information content (AvgIpc) is 3.68. The van der Waals surface area contributed by atoms with Gasteiger partial charge in [0.05, 0.1) is 24.6 Å². The highest BCUT2D eigenvalue weighted by atomic mass is 16.5. The Balaban J connectivity index is 1.39. The van der Waals surface area contributed by atoms with Crippen LogP contribution in [-0.4, -0.2) is 39.9 Å². The Labute approximate surface area is 192 Å². The van der Waals surface area contributed by atoms with Crippen LogP contribution in [0, 0.1) is 5.92 Å². The summed E-state index contributed by atoms with van der Waals surface area (Å²) >= 11 is 0. The van der Waals surface area contributed by atoms with Crippen molar-refractivity contribution >= 4 is 29.0 Å². The molecule has 0 aliphatic heterocycles. The molecule has 33 heavy (non-hydrogen) atoms. The van der Waals surface area contributed by atoms with Gasteiger partial charge in [-0.15, -0.1) is 0 Å². The molecule has 0 radical (unpaired) electrons. The van der Waals surface area contributed by atoms with Crippen LogP contribution in [0.2, 0.25) is 0 Å². The molecule has 1 aliphatic carbocycles. The highest BCUT2D eigenvalue weighted by Gasteiger charge is 2.27. The summed E-state index contributed by atoms with van der Waals surface area (Å²) in [7, 11) is 1.53. The lowest BCUT2D eigenvalue weighted by molar-refractivity contribution is -0.118. The van der Waals surface area contributed by atoms with E-state index in [2.05, 4.69) is 30.9 Å². The number of carbonyl (C=O) groups is 2. The zero-order chi connectivity index (χ0) is 23.0. The van der Waals surface area contributed by atoms with Gasteiger partial charge in [-0.3, -0.25) is 14.6 Å². The first kappa shape index (κ1) is 22.2. The number of nitrogens with zero attached hydrogens (tertiary/aromatic N) is 3. The molecule has 1 saturated carbocycles. The Morgan fingerprint density at radius 1 is 1.03 bits per heavy atom. The lowest BCUT2D eigenvalue weighted by Crippen LogP contribution is -2.44. The number of hydrogen-bond acceptors (Lipinski definition) is 7. The van der Waals surface area contributed by atoms with E-state index in [0.717, 1.165) is 12.1 Å². The van der Waals surface area contributed by atoms with E-state index in [1.54, 1.807) is 36.7 Å². The van der Waals surface area contributed by atoms with E-state index in [-0.39, 0.29) is 11.8 Å². The van der Waals surface area contributed by atoms with Gasteiger partial charge in [0.2, 0.25) is 11.8 Å². The van der Waals surface area contributed by atoms with Crippen LogP contribution < -0.4 is 20.7 Å². The molecule has 1 fully saturated rings. The molecule has 1 atom stereocenters. The predicted octanol–water partition coefficient (Wildman–Crippen LogP) is 3.55. The number of amides is 2. The molecule has 0 saturated heterocycles. The zero-order valence-electron chi connectivity index (χ0n) is 18.3. The Morgan fingerprint density at radius 3 is 2.48 bits per heavy atom. The molecule has 3 aromatic heterocycles. The molecule has 3 heterocycles. The summed E-state index contributed by atoms with van der Waals surface area (Å²) in [6, 6.07) is 9.76. The molecule has 0 spiro atoms.